The van der Waals surface area contributed by atoms with Crippen molar-refractivity contribution in [1.29, 1.82) is 0 Å². The molecule has 1 heterocycles. The summed E-state index contributed by atoms with van der Waals surface area (Å²) in [5.41, 5.74) is -0.0796. The molecule has 0 radical (unpaired) electrons. The highest BCUT2D eigenvalue weighted by molar-refractivity contribution is 6.36. The molecule has 1 atom stereocenters. The summed E-state index contributed by atoms with van der Waals surface area (Å²) in [5.74, 6) is -0.562. The maximum absolute atomic E-state index is 12.2. The first-order valence-electron chi connectivity index (χ1n) is 6.71. The average molecular weight is 268 g/mol. The number of carboxylic acid groups (broad SMARTS) is 1. The summed E-state index contributed by atoms with van der Waals surface area (Å²) in [6.07, 6.45) is 3.55. The Bertz CT molecular complexity index is 399. The van der Waals surface area contributed by atoms with Crippen molar-refractivity contribution in [3.63, 3.8) is 0 Å². The van der Waals surface area contributed by atoms with E-state index in [2.05, 4.69) is 12.1 Å². The molecule has 0 bridgehead atoms. The van der Waals surface area contributed by atoms with Crippen molar-refractivity contribution in [2.45, 2.75) is 51.2 Å². The van der Waals surface area contributed by atoms with Crippen molar-refractivity contribution in [1.82, 2.24) is 4.90 Å². The van der Waals surface area contributed by atoms with E-state index in [1.54, 1.807) is 11.9 Å². The lowest BCUT2D eigenvalue weighted by Gasteiger charge is -2.34. The zero-order valence-corrected chi connectivity index (χ0v) is 11.3. The van der Waals surface area contributed by atoms with Gasteiger partial charge in [0.2, 0.25) is 6.10 Å². The predicted octanol–water partition coefficient (Wildman–Crippen LogP) is 1.25. The quantitative estimate of drug-likeness (QED) is 0.835. The van der Waals surface area contributed by atoms with Crippen molar-refractivity contribution in [2.75, 3.05) is 7.05 Å². The first kappa shape index (κ1) is 13.8. The largest absolute Gasteiger partial charge is 0.477 e. The van der Waals surface area contributed by atoms with Crippen LogP contribution in [0.15, 0.2) is 5.16 Å². The second kappa shape index (κ2) is 5.59. The van der Waals surface area contributed by atoms with E-state index >= 15 is 0 Å². The van der Waals surface area contributed by atoms with Gasteiger partial charge in [-0.25, -0.2) is 4.79 Å². The molecular formula is C13H20N2O4. The van der Waals surface area contributed by atoms with Crippen LogP contribution in [-0.2, 0) is 14.4 Å². The molecule has 6 nitrogen and oxygen atoms in total. The first-order chi connectivity index (χ1) is 8.99. The monoisotopic (exact) mass is 268 g/mol. The molecule has 1 aliphatic heterocycles. The van der Waals surface area contributed by atoms with Gasteiger partial charge in [0.25, 0.3) is 5.91 Å². The number of carbonyl (C=O) groups excluding carboxylic acids is 1. The molecule has 1 N–H and O–H groups in total. The normalized spacial score (nSPS) is 30.4. The Kier molecular flexibility index (Phi) is 4.07. The number of amides is 1. The summed E-state index contributed by atoms with van der Waals surface area (Å²) >= 11 is 0. The second-order valence-corrected chi connectivity index (χ2v) is 5.50. The Hall–Kier alpha value is -1.59. The number of rotatable bonds is 3. The number of nitrogens with zero attached hydrogens (tertiary/aromatic N) is 2. The van der Waals surface area contributed by atoms with Crippen LogP contribution in [0.5, 0.6) is 0 Å². The third kappa shape index (κ3) is 3.05. The van der Waals surface area contributed by atoms with Crippen LogP contribution in [-0.4, -0.2) is 46.8 Å². The van der Waals surface area contributed by atoms with Gasteiger partial charge in [0, 0.05) is 19.5 Å². The highest BCUT2D eigenvalue weighted by Crippen LogP contribution is 2.27. The Morgan fingerprint density at radius 2 is 1.95 bits per heavy atom. The van der Waals surface area contributed by atoms with Crippen molar-refractivity contribution in [3.05, 3.63) is 0 Å². The number of hydrogen-bond donors (Lipinski definition) is 1. The molecule has 2 aliphatic rings. The van der Waals surface area contributed by atoms with Crippen molar-refractivity contribution in [3.8, 4) is 0 Å². The first-order valence-corrected chi connectivity index (χ1v) is 6.71. The molecule has 1 saturated carbocycles. The van der Waals surface area contributed by atoms with Crippen LogP contribution in [0.4, 0.5) is 0 Å². The van der Waals surface area contributed by atoms with E-state index in [9.17, 15) is 9.59 Å². The maximum Gasteiger partial charge on any atom is 0.353 e. The molecule has 2 rings (SSSR count). The van der Waals surface area contributed by atoms with Gasteiger partial charge in [0.1, 0.15) is 0 Å². The number of likely N-dealkylation sites (N-methyl/N-ethyl adjacent to an activating group) is 1. The maximum atomic E-state index is 12.2. The average Bonchev–Trinajstić information content (AvgIpc) is 2.87. The predicted molar refractivity (Wildman–Crippen MR) is 68.8 cm³/mol. The fourth-order valence-corrected chi connectivity index (χ4v) is 2.67. The van der Waals surface area contributed by atoms with Crippen LogP contribution in [0.3, 0.4) is 0 Å². The van der Waals surface area contributed by atoms with E-state index in [0.29, 0.717) is 0 Å². The molecule has 1 fully saturated rings. The van der Waals surface area contributed by atoms with Gasteiger partial charge < -0.3 is 14.8 Å². The Labute approximate surface area is 112 Å². The molecule has 1 aliphatic carbocycles. The van der Waals surface area contributed by atoms with Crippen molar-refractivity contribution < 1.29 is 19.5 Å². The Morgan fingerprint density at radius 3 is 2.47 bits per heavy atom. The zero-order chi connectivity index (χ0) is 14.0. The standard InChI is InChI=1S/C13H20N2O4/c1-8-3-5-9(6-4-8)15(2)12(16)11-7-10(13(17)18)14-19-11/h8-9,11H,3-7H2,1-2H3,(H,17,18). The lowest BCUT2D eigenvalue weighted by atomic mass is 9.86. The Balaban J connectivity index is 1.88. The van der Waals surface area contributed by atoms with E-state index in [0.717, 1.165) is 31.6 Å². The third-order valence-electron chi connectivity index (χ3n) is 4.07. The van der Waals surface area contributed by atoms with E-state index in [-0.39, 0.29) is 24.1 Å². The van der Waals surface area contributed by atoms with E-state index in [1.807, 2.05) is 0 Å². The molecule has 0 spiro atoms. The molecule has 106 valence electrons. The van der Waals surface area contributed by atoms with Gasteiger partial charge in [0.05, 0.1) is 0 Å². The molecule has 1 unspecified atom stereocenters. The number of hydrogen-bond acceptors (Lipinski definition) is 4. The van der Waals surface area contributed by atoms with Gasteiger partial charge >= 0.3 is 5.97 Å². The SMILES string of the molecule is CC1CCC(N(C)C(=O)C2CC(C(=O)O)=NO2)CC1. The molecule has 0 aromatic heterocycles. The number of aliphatic carboxylic acids is 1. The molecular weight excluding hydrogens is 248 g/mol. The molecule has 19 heavy (non-hydrogen) atoms. The Morgan fingerprint density at radius 1 is 1.32 bits per heavy atom. The summed E-state index contributed by atoms with van der Waals surface area (Å²) in [6.45, 7) is 2.23. The van der Waals surface area contributed by atoms with Crippen molar-refractivity contribution >= 4 is 17.6 Å². The van der Waals surface area contributed by atoms with Crippen LogP contribution < -0.4 is 0 Å². The van der Waals surface area contributed by atoms with E-state index < -0.39 is 12.1 Å². The number of carbonyl (C=O) groups is 2. The lowest BCUT2D eigenvalue weighted by Crippen LogP contribution is -2.44. The van der Waals surface area contributed by atoms with E-state index in [1.165, 1.54) is 0 Å². The minimum Gasteiger partial charge on any atom is -0.477 e. The summed E-state index contributed by atoms with van der Waals surface area (Å²) in [5, 5.41) is 12.2. The van der Waals surface area contributed by atoms with Crippen molar-refractivity contribution in [2.24, 2.45) is 11.1 Å². The minimum atomic E-state index is -1.12. The van der Waals surface area contributed by atoms with Gasteiger partial charge in [-0.2, -0.15) is 0 Å². The summed E-state index contributed by atoms with van der Waals surface area (Å²) in [4.78, 5) is 29.6. The third-order valence-corrected chi connectivity index (χ3v) is 4.07. The smallest absolute Gasteiger partial charge is 0.353 e. The summed E-state index contributed by atoms with van der Waals surface area (Å²) < 4.78 is 0. The fraction of sp³-hybridized carbons (Fsp3) is 0.769. The van der Waals surface area contributed by atoms with Gasteiger partial charge in [-0.3, -0.25) is 4.79 Å². The van der Waals surface area contributed by atoms with E-state index in [4.69, 9.17) is 9.94 Å². The lowest BCUT2D eigenvalue weighted by molar-refractivity contribution is -0.143. The van der Waals surface area contributed by atoms with Crippen LogP contribution in [0, 0.1) is 5.92 Å². The summed E-state index contributed by atoms with van der Waals surface area (Å²) in [6, 6.07) is 0.237. The fourth-order valence-electron chi connectivity index (χ4n) is 2.67. The molecule has 0 saturated heterocycles. The van der Waals surface area contributed by atoms with Crippen LogP contribution in [0.1, 0.15) is 39.0 Å². The minimum absolute atomic E-state index is 0.0572. The molecule has 1 amide bonds. The van der Waals surface area contributed by atoms with Crippen LogP contribution in [0.25, 0.3) is 0 Å². The van der Waals surface area contributed by atoms with Gasteiger partial charge in [-0.05, 0) is 31.6 Å². The van der Waals surface area contributed by atoms with Gasteiger partial charge in [0.15, 0.2) is 5.71 Å². The molecule has 0 aromatic carbocycles. The zero-order valence-electron chi connectivity index (χ0n) is 11.3. The topological polar surface area (TPSA) is 79.2 Å². The summed E-state index contributed by atoms with van der Waals surface area (Å²) in [7, 11) is 1.77. The van der Waals surface area contributed by atoms with Gasteiger partial charge in [-0.15, -0.1) is 0 Å². The number of carboxylic acids is 1. The second-order valence-electron chi connectivity index (χ2n) is 5.50. The highest BCUT2D eigenvalue weighted by Gasteiger charge is 2.36. The van der Waals surface area contributed by atoms with Gasteiger partial charge in [-0.1, -0.05) is 12.1 Å². The molecule has 6 heteroatoms. The van der Waals surface area contributed by atoms with Crippen LogP contribution in [0.2, 0.25) is 0 Å². The number of oxime groups is 1. The van der Waals surface area contributed by atoms with Crippen LogP contribution >= 0.6 is 0 Å². The molecule has 0 aromatic rings. The highest BCUT2D eigenvalue weighted by atomic mass is 16.6.